The molecule has 0 amide bonds. The molecule has 5 nitrogen and oxygen atoms in total. The first-order chi connectivity index (χ1) is 15.1. The number of hydrogen-bond acceptors (Lipinski definition) is 4. The third kappa shape index (κ3) is 3.11. The summed E-state index contributed by atoms with van der Waals surface area (Å²) in [6.07, 6.45) is 7.28. The summed E-state index contributed by atoms with van der Waals surface area (Å²) in [6, 6.07) is 18.2. The van der Waals surface area contributed by atoms with Crippen LogP contribution < -0.4 is 16.1 Å². The Morgan fingerprint density at radius 2 is 1.68 bits per heavy atom. The first kappa shape index (κ1) is 19.1. The summed E-state index contributed by atoms with van der Waals surface area (Å²) in [5.74, 6) is 3.42. The number of nitrogens with two attached hydrogens (primary N) is 1. The van der Waals surface area contributed by atoms with Gasteiger partial charge in [0.1, 0.15) is 0 Å². The van der Waals surface area contributed by atoms with Crippen LogP contribution in [0.2, 0.25) is 5.02 Å². The fraction of sp³-hybridized carbons (Fsp3) is 0.320. The lowest BCUT2D eigenvalue weighted by molar-refractivity contribution is -0.825. The van der Waals surface area contributed by atoms with Crippen molar-refractivity contribution in [3.05, 3.63) is 71.4 Å². The number of hydrogen-bond donors (Lipinski definition) is 4. The van der Waals surface area contributed by atoms with Gasteiger partial charge >= 0.3 is 0 Å². The van der Waals surface area contributed by atoms with Gasteiger partial charge in [0, 0.05) is 23.6 Å². The number of nitrogens with zero attached hydrogens (tertiary/aromatic N) is 1. The lowest BCUT2D eigenvalue weighted by Crippen LogP contribution is -2.74. The summed E-state index contributed by atoms with van der Waals surface area (Å²) < 4.78 is 0. The van der Waals surface area contributed by atoms with Crippen molar-refractivity contribution in [3.63, 3.8) is 0 Å². The minimum atomic E-state index is 0.404. The smallest absolute Gasteiger partial charge is 0.204 e. The van der Waals surface area contributed by atoms with Crippen LogP contribution in [0.3, 0.4) is 0 Å². The van der Waals surface area contributed by atoms with Gasteiger partial charge in [-0.15, -0.1) is 0 Å². The Morgan fingerprint density at radius 1 is 0.968 bits per heavy atom. The molecule has 2 aromatic carbocycles. The molecule has 0 saturated heterocycles. The summed E-state index contributed by atoms with van der Waals surface area (Å²) in [5, 5.41) is 16.8. The Kier molecular flexibility index (Phi) is 4.46. The van der Waals surface area contributed by atoms with Crippen molar-refractivity contribution in [2.75, 3.05) is 10.6 Å². The zero-order chi connectivity index (χ0) is 21.0. The van der Waals surface area contributed by atoms with E-state index in [9.17, 15) is 5.21 Å². The average Bonchev–Trinajstić information content (AvgIpc) is 3.53. The van der Waals surface area contributed by atoms with Gasteiger partial charge in [-0.25, -0.2) is 10.2 Å². The van der Waals surface area contributed by atoms with Gasteiger partial charge in [0.25, 0.3) is 0 Å². The number of rotatable bonds is 6. The standard InChI is InChI=1S/C25H25ClN4O/c26-21-12-17(25-13-15-10-18(25)11-16(15)14-25)3-8-22(21)28-19-4-6-20(7-5-19)29-24-23(30-31)2-1-9-27-24/h1-9,12,15-16,18,28,30-31H,10-11,13-14H2,(H,27,29)/p+1. The van der Waals surface area contributed by atoms with E-state index in [1.165, 1.54) is 31.2 Å². The molecule has 0 spiro atoms. The molecule has 7 rings (SSSR count). The maximum absolute atomic E-state index is 9.34. The summed E-state index contributed by atoms with van der Waals surface area (Å²) >= 11 is 6.71. The maximum Gasteiger partial charge on any atom is 0.204 e. The van der Waals surface area contributed by atoms with Crippen LogP contribution >= 0.6 is 11.6 Å². The molecular weight excluding hydrogens is 408 g/mol. The number of aromatic nitrogens is 1. The van der Waals surface area contributed by atoms with Crippen molar-refractivity contribution in [1.82, 2.24) is 4.98 Å². The fourth-order valence-corrected chi connectivity index (χ4v) is 6.70. The van der Waals surface area contributed by atoms with Crippen LogP contribution in [0.1, 0.15) is 31.2 Å². The Bertz CT molecular complexity index is 1120. The van der Waals surface area contributed by atoms with Crippen LogP contribution in [0, 0.1) is 17.8 Å². The van der Waals surface area contributed by atoms with Crippen molar-refractivity contribution >= 4 is 40.2 Å². The highest BCUT2D eigenvalue weighted by Gasteiger charge is 2.63. The molecule has 0 aliphatic heterocycles. The Morgan fingerprint density at radius 3 is 2.29 bits per heavy atom. The van der Waals surface area contributed by atoms with E-state index in [-0.39, 0.29) is 0 Å². The minimum absolute atomic E-state index is 0.404. The largest absolute Gasteiger partial charge is 0.354 e. The van der Waals surface area contributed by atoms with Crippen LogP contribution in [0.25, 0.3) is 0 Å². The maximum atomic E-state index is 9.34. The van der Waals surface area contributed by atoms with Gasteiger partial charge in [0.15, 0.2) is 5.82 Å². The highest BCUT2D eigenvalue weighted by atomic mass is 35.5. The lowest BCUT2D eigenvalue weighted by atomic mass is 9.75. The van der Waals surface area contributed by atoms with E-state index in [0.29, 0.717) is 16.9 Å². The van der Waals surface area contributed by atoms with Gasteiger partial charge in [-0.05, 0) is 96.9 Å². The molecular formula is C25H26ClN4O+. The highest BCUT2D eigenvalue weighted by molar-refractivity contribution is 6.33. The topological polar surface area (TPSA) is 73.8 Å². The molecule has 158 valence electrons. The van der Waals surface area contributed by atoms with Crippen LogP contribution in [0.5, 0.6) is 0 Å². The quantitative estimate of drug-likeness (QED) is 0.387. The predicted molar refractivity (Wildman–Crippen MR) is 123 cm³/mol. The average molecular weight is 434 g/mol. The molecule has 4 aliphatic rings. The molecule has 4 aliphatic carbocycles. The number of pyridine rings is 1. The number of benzene rings is 2. The predicted octanol–water partition coefficient (Wildman–Crippen LogP) is 5.49. The molecule has 2 unspecified atom stereocenters. The third-order valence-electron chi connectivity index (χ3n) is 7.82. The van der Waals surface area contributed by atoms with E-state index in [1.54, 1.807) is 18.3 Å². The lowest BCUT2D eigenvalue weighted by Gasteiger charge is -2.30. The molecule has 31 heavy (non-hydrogen) atoms. The van der Waals surface area contributed by atoms with Crippen LogP contribution in [-0.4, -0.2) is 10.2 Å². The summed E-state index contributed by atoms with van der Waals surface area (Å²) in [7, 11) is 0. The third-order valence-corrected chi connectivity index (χ3v) is 8.14. The molecule has 1 aromatic heterocycles. The SMILES string of the molecule is O[NH2+]c1cccnc1Nc1ccc(Nc2ccc(C34CC5CC3CC5C4)cc2Cl)cc1. The van der Waals surface area contributed by atoms with E-state index in [0.717, 1.165) is 45.3 Å². The second-order valence-electron chi connectivity index (χ2n) is 9.35. The Hall–Kier alpha value is -2.60. The molecule has 4 fully saturated rings. The first-order valence-electron chi connectivity index (χ1n) is 11.0. The van der Waals surface area contributed by atoms with Crippen molar-refractivity contribution in [2.45, 2.75) is 31.1 Å². The van der Waals surface area contributed by atoms with E-state index in [2.05, 4.69) is 33.8 Å². The number of anilines is 4. The number of quaternary nitrogens is 1. The van der Waals surface area contributed by atoms with Gasteiger partial charge < -0.3 is 10.6 Å². The Balaban J connectivity index is 1.17. The van der Waals surface area contributed by atoms with Crippen LogP contribution in [-0.2, 0) is 5.41 Å². The summed E-state index contributed by atoms with van der Waals surface area (Å²) in [4.78, 5) is 4.28. The second kappa shape index (κ2) is 7.23. The monoisotopic (exact) mass is 433 g/mol. The molecule has 6 heteroatoms. The van der Waals surface area contributed by atoms with Gasteiger partial charge in [0.2, 0.25) is 5.69 Å². The number of nitrogens with one attached hydrogen (secondary N) is 2. The zero-order valence-electron chi connectivity index (χ0n) is 17.2. The normalized spacial score (nSPS) is 27.7. The summed E-state index contributed by atoms with van der Waals surface area (Å²) in [6.45, 7) is 0. The number of halogens is 1. The van der Waals surface area contributed by atoms with Crippen molar-refractivity contribution in [3.8, 4) is 0 Å². The summed E-state index contributed by atoms with van der Waals surface area (Å²) in [5.41, 5.74) is 6.34. The fourth-order valence-electron chi connectivity index (χ4n) is 6.47. The Labute approximate surface area is 186 Å². The van der Waals surface area contributed by atoms with Crippen molar-refractivity contribution < 1.29 is 10.7 Å². The van der Waals surface area contributed by atoms with Crippen LogP contribution in [0.4, 0.5) is 28.6 Å². The highest BCUT2D eigenvalue weighted by Crippen LogP contribution is 2.70. The van der Waals surface area contributed by atoms with Gasteiger partial charge in [-0.2, -0.15) is 5.48 Å². The molecule has 4 saturated carbocycles. The van der Waals surface area contributed by atoms with Crippen molar-refractivity contribution in [1.29, 1.82) is 0 Å². The molecule has 4 bridgehead atoms. The second-order valence-corrected chi connectivity index (χ2v) is 9.75. The molecule has 5 N–H and O–H groups in total. The zero-order valence-corrected chi connectivity index (χ0v) is 17.9. The van der Waals surface area contributed by atoms with Gasteiger partial charge in [0.05, 0.1) is 10.7 Å². The van der Waals surface area contributed by atoms with E-state index in [4.69, 9.17) is 11.6 Å². The molecule has 1 heterocycles. The molecule has 3 aromatic rings. The van der Waals surface area contributed by atoms with Crippen molar-refractivity contribution in [2.24, 2.45) is 17.8 Å². The first-order valence-corrected chi connectivity index (χ1v) is 11.4. The van der Waals surface area contributed by atoms with Gasteiger partial charge in [-0.3, -0.25) is 0 Å². The van der Waals surface area contributed by atoms with E-state index < -0.39 is 0 Å². The minimum Gasteiger partial charge on any atom is -0.354 e. The molecule has 2 atom stereocenters. The van der Waals surface area contributed by atoms with E-state index in [1.807, 2.05) is 24.3 Å². The molecule has 0 radical (unpaired) electrons. The van der Waals surface area contributed by atoms with Gasteiger partial charge in [-0.1, -0.05) is 17.7 Å². The van der Waals surface area contributed by atoms with Crippen LogP contribution in [0.15, 0.2) is 60.8 Å². The van der Waals surface area contributed by atoms with E-state index >= 15 is 0 Å².